The third-order valence-electron chi connectivity index (χ3n) is 3.07. The van der Waals surface area contributed by atoms with Crippen molar-refractivity contribution in [3.05, 3.63) is 18.0 Å². The first kappa shape index (κ1) is 13.1. The molecule has 0 unspecified atom stereocenters. The molecule has 0 radical (unpaired) electrons. The molecular formula is C10H14N2O5S. The molecule has 0 atom stereocenters. The van der Waals surface area contributed by atoms with Crippen LogP contribution in [-0.2, 0) is 10.0 Å². The number of aromatic nitrogens is 1. The summed E-state index contributed by atoms with van der Waals surface area (Å²) in [7, 11) is -3.79. The van der Waals surface area contributed by atoms with Crippen LogP contribution in [0.5, 0.6) is 0 Å². The Hall–Kier alpha value is -1.38. The molecule has 0 bridgehead atoms. The summed E-state index contributed by atoms with van der Waals surface area (Å²) in [6.07, 6.45) is 3.13. The van der Waals surface area contributed by atoms with Crippen molar-refractivity contribution in [3.63, 3.8) is 0 Å². The molecule has 0 aliphatic heterocycles. The average molecular weight is 274 g/mol. The molecule has 1 aliphatic carbocycles. The number of aromatic amines is 1. The van der Waals surface area contributed by atoms with E-state index in [2.05, 4.69) is 9.71 Å². The molecule has 1 heterocycles. The van der Waals surface area contributed by atoms with Gasteiger partial charge in [0, 0.05) is 12.7 Å². The first-order valence-corrected chi connectivity index (χ1v) is 6.94. The van der Waals surface area contributed by atoms with Crippen molar-refractivity contribution in [1.82, 2.24) is 9.71 Å². The number of hydrogen-bond donors (Lipinski definition) is 4. The Morgan fingerprint density at radius 2 is 2.17 bits per heavy atom. The van der Waals surface area contributed by atoms with Gasteiger partial charge in [0.15, 0.2) is 0 Å². The summed E-state index contributed by atoms with van der Waals surface area (Å²) in [6, 6.07) is 1.04. The van der Waals surface area contributed by atoms with E-state index in [0.29, 0.717) is 12.8 Å². The number of carboxylic acid groups (broad SMARTS) is 1. The molecule has 0 saturated heterocycles. The van der Waals surface area contributed by atoms with Gasteiger partial charge in [-0.15, -0.1) is 0 Å². The largest absolute Gasteiger partial charge is 0.477 e. The fourth-order valence-electron chi connectivity index (χ4n) is 1.73. The van der Waals surface area contributed by atoms with Gasteiger partial charge in [-0.25, -0.2) is 17.9 Å². The highest BCUT2D eigenvalue weighted by Gasteiger charge is 2.35. The number of nitrogens with one attached hydrogen (secondary N) is 2. The van der Waals surface area contributed by atoms with E-state index in [-0.39, 0.29) is 17.1 Å². The first-order chi connectivity index (χ1) is 8.32. The van der Waals surface area contributed by atoms with Crippen LogP contribution in [0.25, 0.3) is 0 Å². The Morgan fingerprint density at radius 1 is 1.50 bits per heavy atom. The van der Waals surface area contributed by atoms with Crippen LogP contribution in [0.2, 0.25) is 0 Å². The summed E-state index contributed by atoms with van der Waals surface area (Å²) in [5.41, 5.74) is -1.16. The molecule has 1 saturated carbocycles. The third-order valence-corrected chi connectivity index (χ3v) is 4.45. The molecule has 1 aliphatic rings. The minimum atomic E-state index is -3.79. The summed E-state index contributed by atoms with van der Waals surface area (Å²) >= 11 is 0. The maximum atomic E-state index is 11.8. The molecule has 18 heavy (non-hydrogen) atoms. The van der Waals surface area contributed by atoms with Gasteiger partial charge in [-0.3, -0.25) is 0 Å². The highest BCUT2D eigenvalue weighted by molar-refractivity contribution is 7.89. The molecule has 1 fully saturated rings. The molecule has 0 spiro atoms. The Kier molecular flexibility index (Phi) is 3.18. The lowest BCUT2D eigenvalue weighted by Gasteiger charge is -2.36. The molecule has 7 nitrogen and oxygen atoms in total. The second-order valence-electron chi connectivity index (χ2n) is 4.46. The van der Waals surface area contributed by atoms with Crippen molar-refractivity contribution in [2.75, 3.05) is 6.54 Å². The van der Waals surface area contributed by atoms with Crippen LogP contribution in [-0.4, -0.2) is 41.7 Å². The lowest BCUT2D eigenvalue weighted by molar-refractivity contribution is -0.0270. The van der Waals surface area contributed by atoms with Crippen LogP contribution >= 0.6 is 0 Å². The molecule has 1 aromatic heterocycles. The quantitative estimate of drug-likeness (QED) is 0.598. The van der Waals surface area contributed by atoms with Crippen LogP contribution in [0.1, 0.15) is 29.8 Å². The summed E-state index contributed by atoms with van der Waals surface area (Å²) in [6.45, 7) is -0.0527. The smallest absolute Gasteiger partial charge is 0.352 e. The summed E-state index contributed by atoms with van der Waals surface area (Å²) < 4.78 is 25.9. The predicted octanol–water partition coefficient (Wildman–Crippen LogP) is -0.0938. The van der Waals surface area contributed by atoms with Gasteiger partial charge in [0.2, 0.25) is 10.0 Å². The van der Waals surface area contributed by atoms with E-state index in [1.165, 1.54) is 0 Å². The number of rotatable bonds is 5. The van der Waals surface area contributed by atoms with Gasteiger partial charge in [0.1, 0.15) is 10.6 Å². The number of H-pyrrole nitrogens is 1. The number of sulfonamides is 1. The van der Waals surface area contributed by atoms with Crippen molar-refractivity contribution in [2.45, 2.75) is 29.8 Å². The van der Waals surface area contributed by atoms with Crippen LogP contribution in [0.3, 0.4) is 0 Å². The van der Waals surface area contributed by atoms with Crippen molar-refractivity contribution >= 4 is 16.0 Å². The Labute approximate surface area is 104 Å². The second-order valence-corrected chi connectivity index (χ2v) is 6.22. The van der Waals surface area contributed by atoms with Crippen molar-refractivity contribution in [2.24, 2.45) is 0 Å². The fraction of sp³-hybridized carbons (Fsp3) is 0.500. The zero-order chi connectivity index (χ0) is 13.4. The Balaban J connectivity index is 2.07. The van der Waals surface area contributed by atoms with Gasteiger partial charge in [-0.1, -0.05) is 0 Å². The van der Waals surface area contributed by atoms with E-state index in [1.807, 2.05) is 0 Å². The second kappa shape index (κ2) is 4.38. The lowest BCUT2D eigenvalue weighted by Crippen LogP contribution is -2.47. The van der Waals surface area contributed by atoms with Gasteiger partial charge < -0.3 is 15.2 Å². The Bertz CT molecular complexity index is 559. The van der Waals surface area contributed by atoms with Gasteiger partial charge >= 0.3 is 5.97 Å². The summed E-state index contributed by atoms with van der Waals surface area (Å²) in [5, 5.41) is 18.5. The first-order valence-electron chi connectivity index (χ1n) is 5.46. The van der Waals surface area contributed by atoms with E-state index in [1.54, 1.807) is 0 Å². The van der Waals surface area contributed by atoms with E-state index in [9.17, 15) is 18.3 Å². The van der Waals surface area contributed by atoms with Crippen molar-refractivity contribution in [3.8, 4) is 0 Å². The summed E-state index contributed by atoms with van der Waals surface area (Å²) in [4.78, 5) is 12.8. The average Bonchev–Trinajstić information content (AvgIpc) is 2.73. The van der Waals surface area contributed by atoms with Gasteiger partial charge in [0.25, 0.3) is 0 Å². The highest BCUT2D eigenvalue weighted by Crippen LogP contribution is 2.31. The molecule has 1 aromatic rings. The molecule has 2 rings (SSSR count). The highest BCUT2D eigenvalue weighted by atomic mass is 32.2. The van der Waals surface area contributed by atoms with Crippen LogP contribution < -0.4 is 4.72 Å². The molecule has 4 N–H and O–H groups in total. The minimum absolute atomic E-state index is 0.0527. The number of carboxylic acids is 1. The van der Waals surface area contributed by atoms with Crippen molar-refractivity contribution < 1.29 is 23.4 Å². The zero-order valence-electron chi connectivity index (χ0n) is 9.51. The van der Waals surface area contributed by atoms with Gasteiger partial charge in [-0.05, 0) is 25.3 Å². The fourth-order valence-corrected chi connectivity index (χ4v) is 2.84. The maximum absolute atomic E-state index is 11.8. The predicted molar refractivity (Wildman–Crippen MR) is 61.7 cm³/mol. The molecule has 0 amide bonds. The number of aromatic carboxylic acids is 1. The van der Waals surface area contributed by atoms with Gasteiger partial charge in [-0.2, -0.15) is 0 Å². The Morgan fingerprint density at radius 3 is 2.61 bits per heavy atom. The van der Waals surface area contributed by atoms with Crippen molar-refractivity contribution in [1.29, 1.82) is 0 Å². The molecule has 100 valence electrons. The topological polar surface area (TPSA) is 119 Å². The number of carbonyl (C=O) groups is 1. The monoisotopic (exact) mass is 274 g/mol. The standard InChI is InChI=1S/C10H14N2O5S/c13-9(14)8-4-7(5-11-8)18(16,17)12-6-10(15)2-1-3-10/h4-5,11-12,15H,1-3,6H2,(H,13,14). The van der Waals surface area contributed by atoms with E-state index in [0.717, 1.165) is 18.7 Å². The molecular weight excluding hydrogens is 260 g/mol. The number of hydrogen-bond acceptors (Lipinski definition) is 4. The zero-order valence-corrected chi connectivity index (χ0v) is 10.3. The minimum Gasteiger partial charge on any atom is -0.477 e. The van der Waals surface area contributed by atoms with E-state index >= 15 is 0 Å². The third kappa shape index (κ3) is 2.55. The van der Waals surface area contributed by atoms with E-state index in [4.69, 9.17) is 5.11 Å². The number of aliphatic hydroxyl groups is 1. The van der Waals surface area contributed by atoms with Crippen LogP contribution in [0, 0.1) is 0 Å². The van der Waals surface area contributed by atoms with Gasteiger partial charge in [0.05, 0.1) is 5.60 Å². The van der Waals surface area contributed by atoms with E-state index < -0.39 is 21.6 Å². The normalized spacial score (nSPS) is 18.3. The SMILES string of the molecule is O=C(O)c1cc(S(=O)(=O)NCC2(O)CCC2)c[nH]1. The summed E-state index contributed by atoms with van der Waals surface area (Å²) in [5.74, 6) is -1.23. The lowest BCUT2D eigenvalue weighted by atomic mass is 9.81. The molecule has 0 aromatic carbocycles. The maximum Gasteiger partial charge on any atom is 0.352 e. The molecule has 8 heteroatoms. The van der Waals surface area contributed by atoms with Crippen LogP contribution in [0.15, 0.2) is 17.2 Å². The van der Waals surface area contributed by atoms with Crippen LogP contribution in [0.4, 0.5) is 0 Å².